The maximum absolute atomic E-state index is 5.44. The predicted molar refractivity (Wildman–Crippen MR) is 41.9 cm³/mol. The molecule has 2 N–H and O–H groups in total. The zero-order valence-electron chi connectivity index (χ0n) is 4.73. The Balaban J connectivity index is -0.000000125. The van der Waals surface area contributed by atoms with Gasteiger partial charge in [0.05, 0.1) is 0 Å². The molecule has 54 valence electrons. The Bertz CT molecular complexity index is 25.4. The summed E-state index contributed by atoms with van der Waals surface area (Å²) in [6.07, 6.45) is 0. The first-order valence-corrected chi connectivity index (χ1v) is 2.40. The third kappa shape index (κ3) is 9.35. The zero-order valence-corrected chi connectivity index (χ0v) is 4.73. The molecule has 0 aromatic carbocycles. The van der Waals surface area contributed by atoms with Crippen LogP contribution in [0.4, 0.5) is 0 Å². The summed E-state index contributed by atoms with van der Waals surface area (Å²) in [6, 6.07) is 0.352. The van der Waals surface area contributed by atoms with E-state index in [0.29, 0.717) is 12.0 Å². The summed E-state index contributed by atoms with van der Waals surface area (Å²) >= 11 is 0. The molecule has 8 heavy (non-hydrogen) atoms. The highest BCUT2D eigenvalue weighted by atomic mass is 14.6. The lowest BCUT2D eigenvalue weighted by atomic mass is 10.1. The molecule has 0 saturated carbocycles. The van der Waals surface area contributed by atoms with Crippen LogP contribution in [-0.2, 0) is 0 Å². The molecule has 0 aliphatic rings. The fraction of sp³-hybridized carbons (Fsp3) is 1.00. The van der Waals surface area contributed by atoms with Gasteiger partial charge < -0.3 is 5.73 Å². The maximum Gasteiger partial charge on any atom is 0.00334 e. The maximum atomic E-state index is 5.44. The van der Waals surface area contributed by atoms with Crippen LogP contribution in [0.2, 0.25) is 0 Å². The summed E-state index contributed by atoms with van der Waals surface area (Å²) in [4.78, 5) is 0. The highest BCUT2D eigenvalue weighted by Gasteiger charge is 1.95. The van der Waals surface area contributed by atoms with Gasteiger partial charge in [0, 0.05) is 6.04 Å². The zero-order chi connectivity index (χ0) is 5.15. The highest BCUT2D eigenvalue weighted by Crippen LogP contribution is 1.93. The van der Waals surface area contributed by atoms with E-state index in [9.17, 15) is 0 Å². The van der Waals surface area contributed by atoms with Gasteiger partial charge in [-0.05, 0) is 12.8 Å². The van der Waals surface area contributed by atoms with Crippen molar-refractivity contribution in [2.24, 2.45) is 11.7 Å². The van der Waals surface area contributed by atoms with Crippen LogP contribution >= 0.6 is 0 Å². The van der Waals surface area contributed by atoms with Crippen LogP contribution in [0, 0.1) is 5.92 Å². The van der Waals surface area contributed by atoms with Crippen LogP contribution in [0.25, 0.3) is 0 Å². The minimum Gasteiger partial charge on any atom is -0.328 e. The van der Waals surface area contributed by atoms with Gasteiger partial charge in [0.1, 0.15) is 0 Å². The molecule has 0 amide bonds. The first kappa shape index (κ1) is 15.7. The molecule has 1 nitrogen and oxygen atoms in total. The van der Waals surface area contributed by atoms with Gasteiger partial charge in [-0.25, -0.2) is 0 Å². The van der Waals surface area contributed by atoms with Gasteiger partial charge in [-0.2, -0.15) is 0 Å². The Kier molecular flexibility index (Phi) is 13.6. The first-order chi connectivity index (χ1) is 2.64. The van der Waals surface area contributed by atoms with E-state index in [1.54, 1.807) is 0 Å². The molecular weight excluding hydrogens is 98.1 g/mol. The second-order valence-electron chi connectivity index (χ2n) is 2.10. The summed E-state index contributed by atoms with van der Waals surface area (Å²) in [5.41, 5.74) is 5.44. The van der Waals surface area contributed by atoms with Crippen LogP contribution in [0.15, 0.2) is 0 Å². The largest absolute Gasteiger partial charge is 0.328 e. The molecule has 0 bridgehead atoms. The Morgan fingerprint density at radius 1 is 1.00 bits per heavy atom. The highest BCUT2D eigenvalue weighted by molar-refractivity contribution is 4.55. The lowest BCUT2D eigenvalue weighted by Gasteiger charge is -2.05. The normalized spacial score (nSPS) is 11.6. The molecule has 0 aromatic rings. The van der Waals surface area contributed by atoms with Crippen molar-refractivity contribution in [2.75, 3.05) is 0 Å². The van der Waals surface area contributed by atoms with E-state index in [0.717, 1.165) is 0 Å². The summed E-state index contributed by atoms with van der Waals surface area (Å²) in [5.74, 6) is 0.630. The summed E-state index contributed by atoms with van der Waals surface area (Å²) in [7, 11) is 0. The van der Waals surface area contributed by atoms with Crippen molar-refractivity contribution in [1.82, 2.24) is 0 Å². The minimum absolute atomic E-state index is 0. The molecule has 0 heterocycles. The van der Waals surface area contributed by atoms with Gasteiger partial charge in [0.2, 0.25) is 0 Å². The smallest absolute Gasteiger partial charge is 0.00334 e. The van der Waals surface area contributed by atoms with Crippen LogP contribution in [0.1, 0.15) is 35.6 Å². The molecule has 0 aliphatic carbocycles. The SMILES string of the molecule is C.C.CC(C)C(C)N. The number of hydrogen-bond acceptors (Lipinski definition) is 1. The van der Waals surface area contributed by atoms with E-state index >= 15 is 0 Å². The lowest BCUT2D eigenvalue weighted by molar-refractivity contribution is 0.529. The molecule has 0 aromatic heterocycles. The average molecular weight is 119 g/mol. The summed E-state index contributed by atoms with van der Waals surface area (Å²) in [6.45, 7) is 6.25. The molecule has 0 fully saturated rings. The Hall–Kier alpha value is -0.0400. The quantitative estimate of drug-likeness (QED) is 0.563. The van der Waals surface area contributed by atoms with Gasteiger partial charge in [0.15, 0.2) is 0 Å². The van der Waals surface area contributed by atoms with E-state index in [2.05, 4.69) is 13.8 Å². The molecule has 0 spiro atoms. The van der Waals surface area contributed by atoms with Crippen LogP contribution < -0.4 is 5.73 Å². The fourth-order valence-electron chi connectivity index (χ4n) is 0. The molecule has 0 aliphatic heterocycles. The third-order valence-electron chi connectivity index (χ3n) is 1.05. The van der Waals surface area contributed by atoms with Crippen molar-refractivity contribution in [3.8, 4) is 0 Å². The van der Waals surface area contributed by atoms with Crippen molar-refractivity contribution in [3.05, 3.63) is 0 Å². The third-order valence-corrected chi connectivity index (χ3v) is 1.05. The van der Waals surface area contributed by atoms with Crippen LogP contribution in [0.3, 0.4) is 0 Å². The van der Waals surface area contributed by atoms with Gasteiger partial charge >= 0.3 is 0 Å². The standard InChI is InChI=1S/C5H13N.2CH4/c1-4(2)5(3)6;;/h4-5H,6H2,1-3H3;2*1H4. The van der Waals surface area contributed by atoms with Crippen LogP contribution in [-0.4, -0.2) is 6.04 Å². The van der Waals surface area contributed by atoms with E-state index in [1.165, 1.54) is 0 Å². The molecule has 1 unspecified atom stereocenters. The number of nitrogens with two attached hydrogens (primary N) is 1. The molecule has 1 atom stereocenters. The van der Waals surface area contributed by atoms with Crippen molar-refractivity contribution in [1.29, 1.82) is 0 Å². The number of rotatable bonds is 1. The molecule has 0 radical (unpaired) electrons. The first-order valence-electron chi connectivity index (χ1n) is 2.40. The van der Waals surface area contributed by atoms with Crippen molar-refractivity contribution < 1.29 is 0 Å². The topological polar surface area (TPSA) is 26.0 Å². The van der Waals surface area contributed by atoms with Gasteiger partial charge in [0.25, 0.3) is 0 Å². The van der Waals surface area contributed by atoms with Gasteiger partial charge in [-0.1, -0.05) is 28.7 Å². The Morgan fingerprint density at radius 3 is 1.12 bits per heavy atom. The van der Waals surface area contributed by atoms with Gasteiger partial charge in [-0.3, -0.25) is 0 Å². The second kappa shape index (κ2) is 6.96. The van der Waals surface area contributed by atoms with E-state index < -0.39 is 0 Å². The summed E-state index contributed by atoms with van der Waals surface area (Å²) < 4.78 is 0. The van der Waals surface area contributed by atoms with E-state index in [-0.39, 0.29) is 14.9 Å². The predicted octanol–water partition coefficient (Wildman–Crippen LogP) is 2.26. The van der Waals surface area contributed by atoms with E-state index in [4.69, 9.17) is 5.73 Å². The average Bonchev–Trinajstić information content (AvgIpc) is 1.36. The number of hydrogen-bond donors (Lipinski definition) is 1. The lowest BCUT2D eigenvalue weighted by Crippen LogP contribution is -2.21. The molecule has 0 saturated heterocycles. The van der Waals surface area contributed by atoms with Crippen molar-refractivity contribution >= 4 is 0 Å². The van der Waals surface area contributed by atoms with Crippen molar-refractivity contribution in [2.45, 2.75) is 41.7 Å². The Labute approximate surface area is 54.3 Å². The fourth-order valence-corrected chi connectivity index (χ4v) is 0. The van der Waals surface area contributed by atoms with Crippen molar-refractivity contribution in [3.63, 3.8) is 0 Å². The molecular formula is C7H21N. The molecule has 0 rings (SSSR count). The molecule has 1 heteroatoms. The summed E-state index contributed by atoms with van der Waals surface area (Å²) in [5, 5.41) is 0. The second-order valence-corrected chi connectivity index (χ2v) is 2.10. The Morgan fingerprint density at radius 2 is 1.12 bits per heavy atom. The minimum atomic E-state index is 0. The monoisotopic (exact) mass is 119 g/mol. The van der Waals surface area contributed by atoms with Gasteiger partial charge in [-0.15, -0.1) is 0 Å². The van der Waals surface area contributed by atoms with E-state index in [1.807, 2.05) is 6.92 Å². The van der Waals surface area contributed by atoms with Crippen LogP contribution in [0.5, 0.6) is 0 Å².